The predicted molar refractivity (Wildman–Crippen MR) is 28.3 cm³/mol. The van der Waals surface area contributed by atoms with Gasteiger partial charge in [0.05, 0.1) is 0 Å². The summed E-state index contributed by atoms with van der Waals surface area (Å²) < 4.78 is 55.2. The van der Waals surface area contributed by atoms with E-state index in [0.717, 1.165) is 0 Å². The Morgan fingerprint density at radius 1 is 1.40 bits per heavy atom. The minimum Gasteiger partial charge on any atom is -0.207 e. The van der Waals surface area contributed by atoms with E-state index in [1.807, 2.05) is 0 Å². The first-order valence-electron chi connectivity index (χ1n) is 2.16. The second-order valence-corrected chi connectivity index (χ2v) is 3.10. The molecule has 0 fully saturated rings. The molecule has 10 heavy (non-hydrogen) atoms. The van der Waals surface area contributed by atoms with Gasteiger partial charge in [0.1, 0.15) is 0 Å². The number of halogens is 3. The summed E-state index contributed by atoms with van der Waals surface area (Å²) >= 11 is 0. The molecule has 0 aliphatic heterocycles. The van der Waals surface area contributed by atoms with E-state index in [9.17, 15) is 21.6 Å². The summed E-state index contributed by atoms with van der Waals surface area (Å²) in [5.41, 5.74) is -5.23. The van der Waals surface area contributed by atoms with Crippen molar-refractivity contribution in [3.05, 3.63) is 6.92 Å². The monoisotopic (exact) mass is 176 g/mol. The van der Waals surface area contributed by atoms with Crippen LogP contribution >= 0.6 is 0 Å². The van der Waals surface area contributed by atoms with E-state index in [2.05, 4.69) is 6.92 Å². The lowest BCUT2D eigenvalue weighted by molar-refractivity contribution is -0.0446. The maximum absolute atomic E-state index is 11.3. The first kappa shape index (κ1) is 9.70. The molecule has 0 rings (SSSR count). The van der Waals surface area contributed by atoms with Crippen molar-refractivity contribution in [3.63, 3.8) is 0 Å². The Labute approximate surface area is 56.3 Å². The molecule has 0 aromatic heterocycles. The highest BCUT2D eigenvalue weighted by Crippen LogP contribution is 2.20. The third-order valence-corrected chi connectivity index (χ3v) is 1.79. The third kappa shape index (κ3) is 2.14. The minimum atomic E-state index is -5.23. The van der Waals surface area contributed by atoms with Crippen molar-refractivity contribution < 1.29 is 21.6 Å². The lowest BCUT2D eigenvalue weighted by Gasteiger charge is -2.06. The van der Waals surface area contributed by atoms with Crippen molar-refractivity contribution in [1.29, 1.82) is 0 Å². The van der Waals surface area contributed by atoms with Crippen molar-refractivity contribution >= 4 is 10.0 Å². The number of nitrogens with one attached hydrogen (secondary N) is 1. The molecule has 0 unspecified atom stereocenters. The van der Waals surface area contributed by atoms with E-state index in [0.29, 0.717) is 0 Å². The van der Waals surface area contributed by atoms with Gasteiger partial charge in [-0.2, -0.15) is 13.2 Å². The fourth-order valence-electron chi connectivity index (χ4n) is 0.216. The van der Waals surface area contributed by atoms with Crippen LogP contribution in [0, 0.1) is 6.92 Å². The molecule has 0 aromatic carbocycles. The van der Waals surface area contributed by atoms with Gasteiger partial charge in [-0.1, -0.05) is 0 Å². The molecule has 1 radical (unpaired) electrons. The minimum absolute atomic E-state index is 0.512. The molecule has 0 bridgehead atoms. The standard InChI is InChI=1S/C3H5F3NO2S/c1-2-7-10(8,9)3(4,5)6/h7H,1-2H2. The first-order valence-corrected chi connectivity index (χ1v) is 3.65. The highest BCUT2D eigenvalue weighted by molar-refractivity contribution is 7.90. The summed E-state index contributed by atoms with van der Waals surface area (Å²) in [4.78, 5) is 0. The molecule has 0 aliphatic carbocycles. The average molecular weight is 176 g/mol. The van der Waals surface area contributed by atoms with Crippen molar-refractivity contribution in [2.75, 3.05) is 6.54 Å². The molecular formula is C3H5F3NO2S. The molecular weight excluding hydrogens is 171 g/mol. The maximum atomic E-state index is 11.3. The topological polar surface area (TPSA) is 46.2 Å². The Hall–Kier alpha value is -0.300. The molecule has 0 aliphatic rings. The Kier molecular flexibility index (Phi) is 2.67. The lowest BCUT2D eigenvalue weighted by atomic mass is 10.8. The second kappa shape index (κ2) is 2.75. The first-order chi connectivity index (χ1) is 4.31. The van der Waals surface area contributed by atoms with E-state index in [-0.39, 0.29) is 0 Å². The number of alkyl halides is 3. The van der Waals surface area contributed by atoms with Crippen LogP contribution in [0.25, 0.3) is 0 Å². The number of hydrogen-bond acceptors (Lipinski definition) is 2. The molecule has 0 heterocycles. The summed E-state index contributed by atoms with van der Waals surface area (Å²) in [6.45, 7) is 2.38. The molecule has 61 valence electrons. The average Bonchev–Trinajstić information content (AvgIpc) is 1.61. The normalized spacial score (nSPS) is 13.6. The summed E-state index contributed by atoms with van der Waals surface area (Å²) in [6.07, 6.45) is 0. The molecule has 0 saturated heterocycles. The van der Waals surface area contributed by atoms with Gasteiger partial charge in [-0.05, 0) is 6.92 Å². The van der Waals surface area contributed by atoms with Crippen LogP contribution in [0.3, 0.4) is 0 Å². The molecule has 1 N–H and O–H groups in total. The SMILES string of the molecule is [CH2]CNS(=O)(=O)C(F)(F)F. The summed E-state index contributed by atoms with van der Waals surface area (Å²) in [7, 11) is -5.16. The molecule has 0 spiro atoms. The Morgan fingerprint density at radius 2 is 1.80 bits per heavy atom. The maximum Gasteiger partial charge on any atom is 0.511 e. The molecule has 0 aromatic rings. The van der Waals surface area contributed by atoms with Crippen molar-refractivity contribution in [2.24, 2.45) is 0 Å². The number of sulfonamides is 1. The Bertz CT molecular complexity index is 194. The third-order valence-electron chi connectivity index (χ3n) is 0.597. The van der Waals surface area contributed by atoms with E-state index in [4.69, 9.17) is 0 Å². The van der Waals surface area contributed by atoms with E-state index in [1.165, 1.54) is 4.72 Å². The van der Waals surface area contributed by atoms with Crippen molar-refractivity contribution in [1.82, 2.24) is 4.72 Å². The van der Waals surface area contributed by atoms with Crippen LogP contribution in [0.1, 0.15) is 0 Å². The number of rotatable bonds is 2. The van der Waals surface area contributed by atoms with Crippen molar-refractivity contribution in [3.8, 4) is 0 Å². The highest BCUT2D eigenvalue weighted by atomic mass is 32.2. The van der Waals surface area contributed by atoms with Crippen LogP contribution in [0.4, 0.5) is 13.2 Å². The van der Waals surface area contributed by atoms with Crippen LogP contribution in [-0.4, -0.2) is 20.5 Å². The number of hydrogen-bond donors (Lipinski definition) is 1. The zero-order valence-electron chi connectivity index (χ0n) is 4.77. The van der Waals surface area contributed by atoms with Crippen LogP contribution in [0.15, 0.2) is 0 Å². The van der Waals surface area contributed by atoms with E-state index < -0.39 is 22.1 Å². The lowest BCUT2D eigenvalue weighted by Crippen LogP contribution is -2.36. The fourth-order valence-corrected chi connectivity index (χ4v) is 0.649. The van der Waals surface area contributed by atoms with E-state index in [1.54, 1.807) is 0 Å². The van der Waals surface area contributed by atoms with Gasteiger partial charge >= 0.3 is 15.5 Å². The predicted octanol–water partition coefficient (Wildman–Crippen LogP) is 0.260. The van der Waals surface area contributed by atoms with E-state index >= 15 is 0 Å². The smallest absolute Gasteiger partial charge is 0.207 e. The largest absolute Gasteiger partial charge is 0.511 e. The van der Waals surface area contributed by atoms with Gasteiger partial charge in [0.15, 0.2) is 0 Å². The van der Waals surface area contributed by atoms with Crippen LogP contribution < -0.4 is 4.72 Å². The van der Waals surface area contributed by atoms with Gasteiger partial charge in [0.25, 0.3) is 0 Å². The van der Waals surface area contributed by atoms with Gasteiger partial charge in [-0.15, -0.1) is 0 Å². The Balaban J connectivity index is 4.44. The molecule has 7 heteroatoms. The molecule has 0 saturated carbocycles. The van der Waals surface area contributed by atoms with Gasteiger partial charge in [0.2, 0.25) is 0 Å². The van der Waals surface area contributed by atoms with Gasteiger partial charge < -0.3 is 0 Å². The molecule has 3 nitrogen and oxygen atoms in total. The van der Waals surface area contributed by atoms with Gasteiger partial charge in [0, 0.05) is 6.54 Å². The highest BCUT2D eigenvalue weighted by Gasteiger charge is 2.45. The zero-order chi connectivity index (χ0) is 8.41. The zero-order valence-corrected chi connectivity index (χ0v) is 5.59. The molecule has 0 amide bonds. The van der Waals surface area contributed by atoms with Crippen LogP contribution in [0.5, 0.6) is 0 Å². The van der Waals surface area contributed by atoms with Crippen LogP contribution in [0.2, 0.25) is 0 Å². The summed E-state index contributed by atoms with van der Waals surface area (Å²) in [5.74, 6) is 0. The molecule has 0 atom stereocenters. The van der Waals surface area contributed by atoms with Gasteiger partial charge in [-0.3, -0.25) is 0 Å². The quantitative estimate of drug-likeness (QED) is 0.656. The Morgan fingerprint density at radius 3 is 1.90 bits per heavy atom. The van der Waals surface area contributed by atoms with Crippen LogP contribution in [-0.2, 0) is 10.0 Å². The van der Waals surface area contributed by atoms with Crippen molar-refractivity contribution in [2.45, 2.75) is 5.51 Å². The summed E-state index contributed by atoms with van der Waals surface area (Å²) in [6, 6.07) is 0. The fraction of sp³-hybridized carbons (Fsp3) is 0.667. The second-order valence-electron chi connectivity index (χ2n) is 1.34. The van der Waals surface area contributed by atoms with Gasteiger partial charge in [-0.25, -0.2) is 13.1 Å². The summed E-state index contributed by atoms with van der Waals surface area (Å²) in [5, 5.41) is 0.